The van der Waals surface area contributed by atoms with Gasteiger partial charge in [-0.05, 0) is 44.0 Å². The molecule has 1 unspecified atom stereocenters. The van der Waals surface area contributed by atoms with Gasteiger partial charge in [0.15, 0.2) is 0 Å². The van der Waals surface area contributed by atoms with Gasteiger partial charge in [-0.2, -0.15) is 0 Å². The predicted molar refractivity (Wildman–Crippen MR) is 62.8 cm³/mol. The van der Waals surface area contributed by atoms with Crippen LogP contribution in [0, 0.1) is 13.8 Å². The van der Waals surface area contributed by atoms with Gasteiger partial charge >= 0.3 is 0 Å². The van der Waals surface area contributed by atoms with E-state index in [1.54, 1.807) is 0 Å². The molecule has 14 heavy (non-hydrogen) atoms. The van der Waals surface area contributed by atoms with Crippen LogP contribution in [-0.4, -0.2) is 12.6 Å². The van der Waals surface area contributed by atoms with Crippen molar-refractivity contribution in [3.63, 3.8) is 0 Å². The van der Waals surface area contributed by atoms with Gasteiger partial charge in [-0.15, -0.1) is 0 Å². The molecule has 0 aliphatic rings. The second kappa shape index (κ2) is 4.80. The van der Waals surface area contributed by atoms with E-state index in [0.29, 0.717) is 6.54 Å². The van der Waals surface area contributed by atoms with Crippen molar-refractivity contribution in [1.29, 1.82) is 0 Å². The van der Waals surface area contributed by atoms with E-state index in [1.165, 1.54) is 11.1 Å². The number of hydrogen-bond acceptors (Lipinski definition) is 2. The maximum Gasteiger partial charge on any atom is 0.120 e. The lowest BCUT2D eigenvalue weighted by Gasteiger charge is -2.14. The van der Waals surface area contributed by atoms with Gasteiger partial charge in [0.25, 0.3) is 0 Å². The van der Waals surface area contributed by atoms with Crippen molar-refractivity contribution in [1.82, 2.24) is 0 Å². The summed E-state index contributed by atoms with van der Waals surface area (Å²) in [6.07, 6.45) is 0.0648. The maximum absolute atomic E-state index is 5.63. The Hall–Kier alpha value is -0.540. The molecular weight excluding hydrogens is 242 g/mol. The van der Waals surface area contributed by atoms with Gasteiger partial charge in [-0.25, -0.2) is 0 Å². The third-order valence-corrected chi connectivity index (χ3v) is 3.33. The molecule has 2 N–H and O–H groups in total. The Morgan fingerprint density at radius 1 is 1.36 bits per heavy atom. The lowest BCUT2D eigenvalue weighted by atomic mass is 10.1. The lowest BCUT2D eigenvalue weighted by molar-refractivity contribution is 0.229. The van der Waals surface area contributed by atoms with Crippen LogP contribution in [0.3, 0.4) is 0 Å². The van der Waals surface area contributed by atoms with Crippen LogP contribution in [-0.2, 0) is 0 Å². The molecular formula is C11H16BrNO. The standard InChI is InChI=1S/C11H16BrNO/c1-7-4-10(14-9(3)6-13)5-8(2)11(7)12/h4-5,9H,6,13H2,1-3H3. The first kappa shape index (κ1) is 11.5. The summed E-state index contributed by atoms with van der Waals surface area (Å²) in [6, 6.07) is 4.03. The minimum absolute atomic E-state index is 0.0648. The van der Waals surface area contributed by atoms with Crippen molar-refractivity contribution in [3.05, 3.63) is 27.7 Å². The van der Waals surface area contributed by atoms with Crippen LogP contribution in [0.5, 0.6) is 5.75 Å². The van der Waals surface area contributed by atoms with Gasteiger partial charge in [0.1, 0.15) is 11.9 Å². The molecule has 0 fully saturated rings. The summed E-state index contributed by atoms with van der Waals surface area (Å²) in [5.74, 6) is 0.890. The zero-order valence-corrected chi connectivity index (χ0v) is 10.4. The summed E-state index contributed by atoms with van der Waals surface area (Å²) in [5.41, 5.74) is 7.86. The molecule has 1 rings (SSSR count). The van der Waals surface area contributed by atoms with Gasteiger partial charge in [-0.3, -0.25) is 0 Å². The molecule has 1 atom stereocenters. The molecule has 78 valence electrons. The van der Waals surface area contributed by atoms with Crippen LogP contribution in [0.25, 0.3) is 0 Å². The number of aryl methyl sites for hydroxylation is 2. The summed E-state index contributed by atoms with van der Waals surface area (Å²) in [6.45, 7) is 6.61. The van der Waals surface area contributed by atoms with E-state index in [4.69, 9.17) is 10.5 Å². The largest absolute Gasteiger partial charge is 0.489 e. The molecule has 0 aliphatic heterocycles. The zero-order chi connectivity index (χ0) is 10.7. The quantitative estimate of drug-likeness (QED) is 0.904. The molecule has 0 saturated heterocycles. The Balaban J connectivity index is 2.89. The Morgan fingerprint density at radius 2 is 1.86 bits per heavy atom. The van der Waals surface area contributed by atoms with Crippen LogP contribution in [0.15, 0.2) is 16.6 Å². The van der Waals surface area contributed by atoms with Crippen LogP contribution in [0.1, 0.15) is 18.1 Å². The van der Waals surface area contributed by atoms with Crippen molar-refractivity contribution in [2.24, 2.45) is 5.73 Å². The van der Waals surface area contributed by atoms with Crippen molar-refractivity contribution >= 4 is 15.9 Å². The summed E-state index contributed by atoms with van der Waals surface area (Å²) in [5, 5.41) is 0. The van der Waals surface area contributed by atoms with Crippen molar-refractivity contribution in [2.75, 3.05) is 6.54 Å². The van der Waals surface area contributed by atoms with Crippen LogP contribution < -0.4 is 10.5 Å². The predicted octanol–water partition coefficient (Wildman–Crippen LogP) is 2.79. The Kier molecular flexibility index (Phi) is 3.96. The zero-order valence-electron chi connectivity index (χ0n) is 8.80. The molecule has 0 radical (unpaired) electrons. The third kappa shape index (κ3) is 2.72. The normalized spacial score (nSPS) is 12.6. The van der Waals surface area contributed by atoms with E-state index >= 15 is 0 Å². The van der Waals surface area contributed by atoms with Gasteiger partial charge in [0.2, 0.25) is 0 Å². The third-order valence-electron chi connectivity index (χ3n) is 2.08. The molecule has 1 aromatic carbocycles. The molecule has 0 heterocycles. The van der Waals surface area contributed by atoms with Crippen LogP contribution >= 0.6 is 15.9 Å². The SMILES string of the molecule is Cc1cc(OC(C)CN)cc(C)c1Br. The van der Waals surface area contributed by atoms with E-state index in [9.17, 15) is 0 Å². The van der Waals surface area contributed by atoms with Gasteiger partial charge in [0.05, 0.1) is 0 Å². The smallest absolute Gasteiger partial charge is 0.120 e. The maximum atomic E-state index is 5.63. The number of hydrogen-bond donors (Lipinski definition) is 1. The fourth-order valence-electron chi connectivity index (χ4n) is 1.25. The van der Waals surface area contributed by atoms with E-state index in [0.717, 1.165) is 10.2 Å². The topological polar surface area (TPSA) is 35.2 Å². The minimum Gasteiger partial charge on any atom is -0.489 e. The molecule has 0 spiro atoms. The molecule has 3 heteroatoms. The first-order valence-electron chi connectivity index (χ1n) is 4.68. The Bertz CT molecular complexity index is 302. The monoisotopic (exact) mass is 257 g/mol. The van der Waals surface area contributed by atoms with Gasteiger partial charge in [-0.1, -0.05) is 15.9 Å². The van der Waals surface area contributed by atoms with E-state index in [-0.39, 0.29) is 6.10 Å². The highest BCUT2D eigenvalue weighted by molar-refractivity contribution is 9.10. The van der Waals surface area contributed by atoms with Gasteiger partial charge in [0, 0.05) is 11.0 Å². The van der Waals surface area contributed by atoms with E-state index in [2.05, 4.69) is 29.8 Å². The highest BCUT2D eigenvalue weighted by Gasteiger charge is 2.05. The van der Waals surface area contributed by atoms with Crippen molar-refractivity contribution < 1.29 is 4.74 Å². The van der Waals surface area contributed by atoms with Crippen molar-refractivity contribution in [3.8, 4) is 5.75 Å². The molecule has 0 saturated carbocycles. The Labute approximate surface area is 93.6 Å². The van der Waals surface area contributed by atoms with Crippen molar-refractivity contribution in [2.45, 2.75) is 26.9 Å². The van der Waals surface area contributed by atoms with E-state index in [1.807, 2.05) is 19.1 Å². The molecule has 0 bridgehead atoms. The van der Waals surface area contributed by atoms with Crippen LogP contribution in [0.2, 0.25) is 0 Å². The fourth-order valence-corrected chi connectivity index (χ4v) is 1.48. The molecule has 0 aliphatic carbocycles. The van der Waals surface area contributed by atoms with Gasteiger partial charge < -0.3 is 10.5 Å². The summed E-state index contributed by atoms with van der Waals surface area (Å²) in [4.78, 5) is 0. The molecule has 0 aromatic heterocycles. The average Bonchev–Trinajstić information content (AvgIpc) is 2.14. The van der Waals surface area contributed by atoms with E-state index < -0.39 is 0 Å². The molecule has 1 aromatic rings. The second-order valence-electron chi connectivity index (χ2n) is 3.54. The second-order valence-corrected chi connectivity index (χ2v) is 4.33. The summed E-state index contributed by atoms with van der Waals surface area (Å²) >= 11 is 3.52. The van der Waals surface area contributed by atoms with Crippen LogP contribution in [0.4, 0.5) is 0 Å². The minimum atomic E-state index is 0.0648. The molecule has 0 amide bonds. The fraction of sp³-hybridized carbons (Fsp3) is 0.455. The highest BCUT2D eigenvalue weighted by atomic mass is 79.9. The Morgan fingerprint density at radius 3 is 2.29 bits per heavy atom. The first-order chi connectivity index (χ1) is 6.54. The summed E-state index contributed by atoms with van der Waals surface area (Å²) in [7, 11) is 0. The molecule has 2 nitrogen and oxygen atoms in total. The first-order valence-corrected chi connectivity index (χ1v) is 5.47. The number of halogens is 1. The number of ether oxygens (including phenoxy) is 1. The number of benzene rings is 1. The summed E-state index contributed by atoms with van der Waals surface area (Å²) < 4.78 is 6.78. The number of nitrogens with two attached hydrogens (primary N) is 1. The highest BCUT2D eigenvalue weighted by Crippen LogP contribution is 2.26. The average molecular weight is 258 g/mol. The lowest BCUT2D eigenvalue weighted by Crippen LogP contribution is -2.22. The number of rotatable bonds is 3.